The molecule has 0 aliphatic carbocycles. The fourth-order valence-electron chi connectivity index (χ4n) is 4.83. The van der Waals surface area contributed by atoms with Gasteiger partial charge >= 0.3 is 0 Å². The van der Waals surface area contributed by atoms with Crippen molar-refractivity contribution in [2.24, 2.45) is 5.92 Å². The number of hydrogen-bond donors (Lipinski definition) is 1. The van der Waals surface area contributed by atoms with Gasteiger partial charge in [0, 0.05) is 19.5 Å². The van der Waals surface area contributed by atoms with E-state index >= 15 is 0 Å². The molecular formula is C35H38ClN3O4S. The summed E-state index contributed by atoms with van der Waals surface area (Å²) in [5, 5.41) is 3.18. The molecule has 0 spiro atoms. The molecule has 0 fully saturated rings. The van der Waals surface area contributed by atoms with E-state index in [1.54, 1.807) is 42.5 Å². The Morgan fingerprint density at radius 3 is 2.05 bits per heavy atom. The minimum absolute atomic E-state index is 0.0219. The largest absolute Gasteiger partial charge is 0.354 e. The van der Waals surface area contributed by atoms with E-state index in [0.29, 0.717) is 6.54 Å². The summed E-state index contributed by atoms with van der Waals surface area (Å²) in [6, 6.07) is 30.7. The zero-order valence-corrected chi connectivity index (χ0v) is 26.8. The van der Waals surface area contributed by atoms with Gasteiger partial charge in [-0.25, -0.2) is 8.42 Å². The van der Waals surface area contributed by atoms with Crippen LogP contribution in [0.5, 0.6) is 0 Å². The molecule has 4 aromatic carbocycles. The normalized spacial score (nSPS) is 12.0. The Labute approximate surface area is 265 Å². The lowest BCUT2D eigenvalue weighted by molar-refractivity contribution is -0.140. The van der Waals surface area contributed by atoms with Crippen LogP contribution in [0.4, 0.5) is 5.69 Å². The number of benzene rings is 4. The molecule has 0 aliphatic rings. The van der Waals surface area contributed by atoms with Crippen molar-refractivity contribution < 1.29 is 18.0 Å². The molecular weight excluding hydrogens is 594 g/mol. The van der Waals surface area contributed by atoms with E-state index in [2.05, 4.69) is 5.32 Å². The minimum Gasteiger partial charge on any atom is -0.354 e. The van der Waals surface area contributed by atoms with Crippen LogP contribution in [-0.4, -0.2) is 44.3 Å². The molecule has 0 bridgehead atoms. The zero-order valence-electron chi connectivity index (χ0n) is 25.2. The Balaban J connectivity index is 1.81. The summed E-state index contributed by atoms with van der Waals surface area (Å²) in [6.07, 6.45) is 0.250. The highest BCUT2D eigenvalue weighted by Crippen LogP contribution is 2.31. The van der Waals surface area contributed by atoms with Crippen molar-refractivity contribution in [1.29, 1.82) is 0 Å². The number of anilines is 1. The van der Waals surface area contributed by atoms with E-state index in [9.17, 15) is 18.0 Å². The molecule has 44 heavy (non-hydrogen) atoms. The number of nitrogens with one attached hydrogen (secondary N) is 1. The molecule has 2 amide bonds. The Kier molecular flexibility index (Phi) is 11.2. The van der Waals surface area contributed by atoms with Crippen LogP contribution in [0.15, 0.2) is 114 Å². The third kappa shape index (κ3) is 8.27. The van der Waals surface area contributed by atoms with E-state index in [1.807, 2.05) is 75.4 Å². The highest BCUT2D eigenvalue weighted by molar-refractivity contribution is 7.92. The monoisotopic (exact) mass is 631 g/mol. The molecule has 0 saturated carbocycles. The summed E-state index contributed by atoms with van der Waals surface area (Å²) in [5.41, 5.74) is 2.85. The van der Waals surface area contributed by atoms with Gasteiger partial charge in [-0.05, 0) is 53.8 Å². The highest BCUT2D eigenvalue weighted by atomic mass is 35.5. The molecule has 0 saturated heterocycles. The number of carbonyl (C=O) groups excluding carboxylic acids is 2. The molecule has 0 aliphatic heterocycles. The average Bonchev–Trinajstić information content (AvgIpc) is 3.02. The first-order chi connectivity index (χ1) is 21.1. The van der Waals surface area contributed by atoms with Crippen LogP contribution in [0.1, 0.15) is 30.5 Å². The predicted octanol–water partition coefficient (Wildman–Crippen LogP) is 6.26. The lowest BCUT2D eigenvalue weighted by atomic mass is 10.0. The summed E-state index contributed by atoms with van der Waals surface area (Å²) < 4.78 is 29.1. The Bertz CT molecular complexity index is 1660. The lowest BCUT2D eigenvalue weighted by Gasteiger charge is -2.34. The number of sulfonamides is 1. The molecule has 230 valence electrons. The van der Waals surface area contributed by atoms with Crippen molar-refractivity contribution in [2.45, 2.75) is 44.7 Å². The second-order valence-corrected chi connectivity index (χ2v) is 13.3. The number of halogens is 1. The minimum atomic E-state index is -4.21. The zero-order chi connectivity index (χ0) is 31.7. The molecule has 0 radical (unpaired) electrons. The van der Waals surface area contributed by atoms with Gasteiger partial charge in [0.05, 0.1) is 15.6 Å². The number of rotatable bonds is 13. The standard InChI is InChI=1S/C35H38ClN3O4S/c1-26(2)23-37-35(41)33(22-28-15-6-4-7-16-28)38(24-29-17-11-10-14-27(29)3)34(40)25-39(32-21-13-12-20-31(32)36)44(42,43)30-18-8-5-9-19-30/h4-21,26,33H,22-25H2,1-3H3,(H,37,41)/t33-/m1/s1. The van der Waals surface area contributed by atoms with Crippen molar-refractivity contribution in [1.82, 2.24) is 10.2 Å². The maximum absolute atomic E-state index is 14.5. The van der Waals surface area contributed by atoms with Gasteiger partial charge in [0.1, 0.15) is 12.6 Å². The van der Waals surface area contributed by atoms with Crippen molar-refractivity contribution in [3.05, 3.63) is 131 Å². The number of aryl methyl sites for hydroxylation is 1. The molecule has 4 rings (SSSR count). The van der Waals surface area contributed by atoms with Crippen LogP contribution in [0.3, 0.4) is 0 Å². The van der Waals surface area contributed by atoms with Gasteiger partial charge in [0.25, 0.3) is 10.0 Å². The Hall–Kier alpha value is -4.14. The van der Waals surface area contributed by atoms with E-state index in [4.69, 9.17) is 11.6 Å². The first-order valence-electron chi connectivity index (χ1n) is 14.6. The first-order valence-corrected chi connectivity index (χ1v) is 16.4. The van der Waals surface area contributed by atoms with E-state index in [-0.39, 0.29) is 40.4 Å². The lowest BCUT2D eigenvalue weighted by Crippen LogP contribution is -2.53. The summed E-state index contributed by atoms with van der Waals surface area (Å²) >= 11 is 6.52. The Morgan fingerprint density at radius 2 is 1.41 bits per heavy atom. The van der Waals surface area contributed by atoms with Crippen LogP contribution < -0.4 is 9.62 Å². The number of nitrogens with zero attached hydrogens (tertiary/aromatic N) is 2. The Morgan fingerprint density at radius 1 is 0.818 bits per heavy atom. The third-order valence-corrected chi connectivity index (χ3v) is 9.38. The van der Waals surface area contributed by atoms with Gasteiger partial charge in [-0.2, -0.15) is 0 Å². The number of hydrogen-bond acceptors (Lipinski definition) is 4. The first kappa shape index (κ1) is 32.8. The van der Waals surface area contributed by atoms with Gasteiger partial charge in [0.15, 0.2) is 0 Å². The number of carbonyl (C=O) groups is 2. The van der Waals surface area contributed by atoms with Gasteiger partial charge < -0.3 is 10.2 Å². The second kappa shape index (κ2) is 15.0. The highest BCUT2D eigenvalue weighted by Gasteiger charge is 2.35. The van der Waals surface area contributed by atoms with Gasteiger partial charge in [-0.1, -0.05) is 110 Å². The number of para-hydroxylation sites is 1. The topological polar surface area (TPSA) is 86.8 Å². The van der Waals surface area contributed by atoms with Gasteiger partial charge in [-0.3, -0.25) is 13.9 Å². The van der Waals surface area contributed by atoms with Crippen molar-refractivity contribution in [3.63, 3.8) is 0 Å². The molecule has 7 nitrogen and oxygen atoms in total. The molecule has 4 aromatic rings. The fraction of sp³-hybridized carbons (Fsp3) is 0.257. The molecule has 0 aromatic heterocycles. The third-order valence-electron chi connectivity index (χ3n) is 7.29. The smallest absolute Gasteiger partial charge is 0.264 e. The quantitative estimate of drug-likeness (QED) is 0.189. The summed E-state index contributed by atoms with van der Waals surface area (Å²) in [7, 11) is -4.21. The van der Waals surface area contributed by atoms with Crippen LogP contribution >= 0.6 is 11.6 Å². The average molecular weight is 632 g/mol. The maximum Gasteiger partial charge on any atom is 0.264 e. The van der Waals surface area contributed by atoms with Crippen LogP contribution in [0.25, 0.3) is 0 Å². The van der Waals surface area contributed by atoms with E-state index < -0.39 is 28.5 Å². The summed E-state index contributed by atoms with van der Waals surface area (Å²) in [6.45, 7) is 5.93. The van der Waals surface area contributed by atoms with E-state index in [1.165, 1.54) is 17.0 Å². The summed E-state index contributed by atoms with van der Waals surface area (Å²) in [4.78, 5) is 29.9. The molecule has 1 N–H and O–H groups in total. The van der Waals surface area contributed by atoms with E-state index in [0.717, 1.165) is 21.0 Å². The van der Waals surface area contributed by atoms with Gasteiger partial charge in [-0.15, -0.1) is 0 Å². The molecule has 9 heteroatoms. The molecule has 0 heterocycles. The fourth-order valence-corrected chi connectivity index (χ4v) is 6.58. The molecule has 0 unspecified atom stereocenters. The SMILES string of the molecule is Cc1ccccc1CN(C(=O)CN(c1ccccc1Cl)S(=O)(=O)c1ccccc1)[C@H](Cc1ccccc1)C(=O)NCC(C)C. The number of amides is 2. The van der Waals surface area contributed by atoms with Crippen LogP contribution in [-0.2, 0) is 32.6 Å². The van der Waals surface area contributed by atoms with Crippen molar-refractivity contribution >= 4 is 39.1 Å². The van der Waals surface area contributed by atoms with Crippen molar-refractivity contribution in [2.75, 3.05) is 17.4 Å². The predicted molar refractivity (Wildman–Crippen MR) is 176 cm³/mol. The second-order valence-electron chi connectivity index (χ2n) is 11.1. The molecule has 1 atom stereocenters. The van der Waals surface area contributed by atoms with Crippen LogP contribution in [0.2, 0.25) is 5.02 Å². The van der Waals surface area contributed by atoms with Crippen LogP contribution in [0, 0.1) is 12.8 Å². The van der Waals surface area contributed by atoms with Gasteiger partial charge in [0.2, 0.25) is 11.8 Å². The maximum atomic E-state index is 14.5. The summed E-state index contributed by atoms with van der Waals surface area (Å²) in [5.74, 6) is -0.642. The van der Waals surface area contributed by atoms with Crippen molar-refractivity contribution in [3.8, 4) is 0 Å².